The second kappa shape index (κ2) is 5.81. The molecule has 4 nitrogen and oxygen atoms in total. The van der Waals surface area contributed by atoms with Crippen LogP contribution in [0, 0.1) is 0 Å². The van der Waals surface area contributed by atoms with E-state index in [1.54, 1.807) is 31.4 Å². The third-order valence-corrected chi connectivity index (χ3v) is 4.07. The Labute approximate surface area is 129 Å². The van der Waals surface area contributed by atoms with Gasteiger partial charge in [0.25, 0.3) is 5.91 Å². The van der Waals surface area contributed by atoms with Crippen molar-refractivity contribution >= 4 is 5.91 Å². The topological polar surface area (TPSA) is 58.6 Å². The van der Waals surface area contributed by atoms with Crippen LogP contribution in [0.15, 0.2) is 48.5 Å². The molecule has 0 spiro atoms. The molecule has 0 saturated heterocycles. The van der Waals surface area contributed by atoms with Crippen LogP contribution in [0.4, 0.5) is 0 Å². The number of ether oxygens (including phenoxy) is 1. The number of benzene rings is 2. The third kappa shape index (κ3) is 2.97. The van der Waals surface area contributed by atoms with E-state index in [2.05, 4.69) is 5.32 Å². The van der Waals surface area contributed by atoms with E-state index in [1.165, 1.54) is 0 Å². The van der Waals surface area contributed by atoms with Gasteiger partial charge in [0.05, 0.1) is 12.7 Å². The van der Waals surface area contributed by atoms with Crippen LogP contribution in [0.25, 0.3) is 0 Å². The number of nitrogens with one attached hydrogen (secondary N) is 1. The number of carbonyl (C=O) groups is 1. The van der Waals surface area contributed by atoms with Crippen molar-refractivity contribution < 1.29 is 14.6 Å². The summed E-state index contributed by atoms with van der Waals surface area (Å²) in [5.41, 5.74) is 1.93. The number of fused-ring (bicyclic) bond motifs is 1. The molecule has 3 rings (SSSR count). The highest BCUT2D eigenvalue weighted by Gasteiger charge is 2.35. The summed E-state index contributed by atoms with van der Waals surface area (Å²) in [6, 6.07) is 15.0. The maximum Gasteiger partial charge on any atom is 0.251 e. The van der Waals surface area contributed by atoms with Gasteiger partial charge in [-0.05, 0) is 29.3 Å². The predicted molar refractivity (Wildman–Crippen MR) is 84.1 cm³/mol. The number of amides is 1. The van der Waals surface area contributed by atoms with E-state index < -0.39 is 5.60 Å². The van der Waals surface area contributed by atoms with Crippen molar-refractivity contribution in [3.63, 3.8) is 0 Å². The lowest BCUT2D eigenvalue weighted by Crippen LogP contribution is -2.43. The molecule has 1 aliphatic rings. The molecule has 0 atom stereocenters. The zero-order valence-corrected chi connectivity index (χ0v) is 12.5. The molecule has 22 heavy (non-hydrogen) atoms. The molecule has 114 valence electrons. The smallest absolute Gasteiger partial charge is 0.251 e. The van der Waals surface area contributed by atoms with Crippen LogP contribution in [0.3, 0.4) is 0 Å². The molecule has 2 aromatic carbocycles. The molecule has 1 amide bonds. The number of hydrogen-bond donors (Lipinski definition) is 2. The summed E-state index contributed by atoms with van der Waals surface area (Å²) in [5.74, 6) is 0.433. The maximum atomic E-state index is 12.2. The van der Waals surface area contributed by atoms with Crippen LogP contribution < -0.4 is 10.1 Å². The van der Waals surface area contributed by atoms with Crippen LogP contribution >= 0.6 is 0 Å². The second-order valence-corrected chi connectivity index (χ2v) is 5.76. The maximum absolute atomic E-state index is 12.2. The van der Waals surface area contributed by atoms with E-state index >= 15 is 0 Å². The summed E-state index contributed by atoms with van der Waals surface area (Å²) in [5, 5.41) is 13.5. The molecule has 0 fully saturated rings. The van der Waals surface area contributed by atoms with Crippen molar-refractivity contribution in [2.45, 2.75) is 18.4 Å². The second-order valence-electron chi connectivity index (χ2n) is 5.76. The van der Waals surface area contributed by atoms with Gasteiger partial charge in [0.15, 0.2) is 0 Å². The van der Waals surface area contributed by atoms with Gasteiger partial charge in [-0.2, -0.15) is 0 Å². The Morgan fingerprint density at radius 1 is 1.18 bits per heavy atom. The summed E-state index contributed by atoms with van der Waals surface area (Å²) in [6.45, 7) is 0.234. The highest BCUT2D eigenvalue weighted by molar-refractivity contribution is 5.94. The molecule has 4 heteroatoms. The molecule has 0 aliphatic heterocycles. The van der Waals surface area contributed by atoms with Crippen molar-refractivity contribution in [1.82, 2.24) is 5.32 Å². The molecular weight excluding hydrogens is 278 g/mol. The fourth-order valence-corrected chi connectivity index (χ4v) is 2.91. The normalized spacial score (nSPS) is 15.2. The fourth-order valence-electron chi connectivity index (χ4n) is 2.91. The Balaban J connectivity index is 1.64. The predicted octanol–water partition coefficient (Wildman–Crippen LogP) is 1.95. The number of methoxy groups -OCH3 is 1. The molecule has 0 aromatic heterocycles. The molecule has 0 radical (unpaired) electrons. The van der Waals surface area contributed by atoms with Gasteiger partial charge < -0.3 is 15.2 Å². The lowest BCUT2D eigenvalue weighted by Gasteiger charge is -2.22. The van der Waals surface area contributed by atoms with Crippen molar-refractivity contribution in [3.8, 4) is 5.75 Å². The van der Waals surface area contributed by atoms with E-state index in [0.29, 0.717) is 24.2 Å². The molecule has 0 saturated carbocycles. The van der Waals surface area contributed by atoms with Gasteiger partial charge >= 0.3 is 0 Å². The van der Waals surface area contributed by atoms with E-state index in [0.717, 1.165) is 11.1 Å². The van der Waals surface area contributed by atoms with E-state index in [4.69, 9.17) is 4.74 Å². The van der Waals surface area contributed by atoms with Crippen molar-refractivity contribution in [2.24, 2.45) is 0 Å². The van der Waals surface area contributed by atoms with E-state index in [-0.39, 0.29) is 12.5 Å². The zero-order chi connectivity index (χ0) is 15.6. The van der Waals surface area contributed by atoms with Crippen molar-refractivity contribution in [1.29, 1.82) is 0 Å². The van der Waals surface area contributed by atoms with E-state index in [1.807, 2.05) is 24.3 Å². The minimum atomic E-state index is -0.905. The van der Waals surface area contributed by atoms with Gasteiger partial charge in [-0.15, -0.1) is 0 Å². The van der Waals surface area contributed by atoms with Gasteiger partial charge in [0.1, 0.15) is 5.75 Å². The van der Waals surface area contributed by atoms with Crippen molar-refractivity contribution in [2.75, 3.05) is 13.7 Å². The quantitative estimate of drug-likeness (QED) is 0.907. The Bertz CT molecular complexity index is 671. The van der Waals surface area contributed by atoms with Crippen LogP contribution in [0.1, 0.15) is 21.5 Å². The minimum Gasteiger partial charge on any atom is -0.497 e. The highest BCUT2D eigenvalue weighted by Crippen LogP contribution is 2.29. The highest BCUT2D eigenvalue weighted by atomic mass is 16.5. The molecule has 2 N–H and O–H groups in total. The van der Waals surface area contributed by atoms with Crippen LogP contribution in [0.5, 0.6) is 5.75 Å². The average Bonchev–Trinajstić information content (AvgIpc) is 2.89. The largest absolute Gasteiger partial charge is 0.497 e. The van der Waals surface area contributed by atoms with Crippen molar-refractivity contribution in [3.05, 3.63) is 65.2 Å². The molecule has 0 unspecified atom stereocenters. The minimum absolute atomic E-state index is 0.205. The Kier molecular flexibility index (Phi) is 3.86. The number of aliphatic hydroxyl groups is 1. The Morgan fingerprint density at radius 3 is 2.50 bits per heavy atom. The first-order valence-electron chi connectivity index (χ1n) is 7.31. The van der Waals surface area contributed by atoms with Gasteiger partial charge in [-0.3, -0.25) is 4.79 Å². The van der Waals surface area contributed by atoms with E-state index in [9.17, 15) is 9.90 Å². The molecule has 1 aliphatic carbocycles. The number of rotatable bonds is 4. The van der Waals surface area contributed by atoms with Gasteiger partial charge in [-0.25, -0.2) is 0 Å². The van der Waals surface area contributed by atoms with Gasteiger partial charge in [0, 0.05) is 24.9 Å². The third-order valence-electron chi connectivity index (χ3n) is 4.07. The molecule has 0 bridgehead atoms. The summed E-state index contributed by atoms with van der Waals surface area (Å²) < 4.78 is 5.12. The lowest BCUT2D eigenvalue weighted by molar-refractivity contribution is 0.0480. The van der Waals surface area contributed by atoms with Crippen LogP contribution in [0.2, 0.25) is 0 Å². The van der Waals surface area contributed by atoms with Gasteiger partial charge in [0.2, 0.25) is 0 Å². The summed E-state index contributed by atoms with van der Waals surface area (Å²) in [7, 11) is 1.56. The van der Waals surface area contributed by atoms with Crippen LogP contribution in [-0.4, -0.2) is 30.3 Å². The molecule has 0 heterocycles. The monoisotopic (exact) mass is 297 g/mol. The zero-order valence-electron chi connectivity index (χ0n) is 12.5. The Morgan fingerprint density at radius 2 is 1.86 bits per heavy atom. The first kappa shape index (κ1) is 14.6. The van der Waals surface area contributed by atoms with Gasteiger partial charge in [-0.1, -0.05) is 30.3 Å². The van der Waals surface area contributed by atoms with Crippen LogP contribution in [-0.2, 0) is 12.8 Å². The number of carbonyl (C=O) groups excluding carboxylic acids is 1. The SMILES string of the molecule is COc1cccc(C(=O)NCC2(O)Cc3ccccc3C2)c1. The average molecular weight is 297 g/mol. The summed E-state index contributed by atoms with van der Waals surface area (Å²) in [6.07, 6.45) is 1.14. The first-order valence-corrected chi connectivity index (χ1v) is 7.31. The Hall–Kier alpha value is -2.33. The lowest BCUT2D eigenvalue weighted by atomic mass is 10.0. The fraction of sp³-hybridized carbons (Fsp3) is 0.278. The first-order chi connectivity index (χ1) is 10.6. The number of hydrogen-bond acceptors (Lipinski definition) is 3. The molecular formula is C18H19NO3. The summed E-state index contributed by atoms with van der Waals surface area (Å²) >= 11 is 0. The summed E-state index contributed by atoms with van der Waals surface area (Å²) in [4.78, 5) is 12.2. The molecule has 2 aromatic rings. The standard InChI is InChI=1S/C18H19NO3/c1-22-16-8-4-7-13(9-16)17(20)19-12-18(21)10-14-5-2-3-6-15(14)11-18/h2-9,21H,10-12H2,1H3,(H,19,20).